The molecule has 4 unspecified atom stereocenters. The third kappa shape index (κ3) is 3.62. The third-order valence-corrected chi connectivity index (χ3v) is 3.83. The van der Waals surface area contributed by atoms with Crippen LogP contribution in [0.25, 0.3) is 0 Å². The molecule has 1 heterocycles. The van der Waals surface area contributed by atoms with Gasteiger partial charge in [0.2, 0.25) is 0 Å². The summed E-state index contributed by atoms with van der Waals surface area (Å²) in [6.07, 6.45) is 1.79. The van der Waals surface area contributed by atoms with Crippen LogP contribution in [-0.2, 0) is 9.47 Å². The number of carbonyl (C=O) groups is 1. The number of nitrogens with two attached hydrogens (primary N) is 1. The van der Waals surface area contributed by atoms with Crippen LogP contribution in [0, 0.1) is 5.92 Å². The summed E-state index contributed by atoms with van der Waals surface area (Å²) in [6, 6.07) is 0.261. The second-order valence-electron chi connectivity index (χ2n) is 6.58. The van der Waals surface area contributed by atoms with Crippen LogP contribution < -0.4 is 16.4 Å². The summed E-state index contributed by atoms with van der Waals surface area (Å²) >= 11 is 0. The number of hydrogen-bond acceptors (Lipinski definition) is 5. The Morgan fingerprint density at radius 3 is 2.80 bits per heavy atom. The zero-order chi connectivity index (χ0) is 14.8. The SMILES string of the molecule is CC(C)(C)OC(=O)NC1C2CCOC2C1NCCCN. The van der Waals surface area contributed by atoms with E-state index in [0.717, 1.165) is 26.0 Å². The van der Waals surface area contributed by atoms with E-state index in [2.05, 4.69) is 10.6 Å². The van der Waals surface area contributed by atoms with Gasteiger partial charge in [-0.1, -0.05) is 0 Å². The number of carbonyl (C=O) groups excluding carboxylic acids is 1. The Labute approximate surface area is 120 Å². The lowest BCUT2D eigenvalue weighted by Crippen LogP contribution is -2.70. The van der Waals surface area contributed by atoms with Gasteiger partial charge >= 0.3 is 6.09 Å². The lowest BCUT2D eigenvalue weighted by molar-refractivity contribution is -0.0336. The lowest BCUT2D eigenvalue weighted by atomic mass is 9.71. The van der Waals surface area contributed by atoms with Gasteiger partial charge in [0.25, 0.3) is 0 Å². The number of alkyl carbamates (subject to hydrolysis) is 1. The van der Waals surface area contributed by atoms with Crippen LogP contribution in [0.15, 0.2) is 0 Å². The van der Waals surface area contributed by atoms with Crippen molar-refractivity contribution in [2.75, 3.05) is 19.7 Å². The van der Waals surface area contributed by atoms with Crippen LogP contribution in [0.3, 0.4) is 0 Å². The van der Waals surface area contributed by atoms with Crippen molar-refractivity contribution >= 4 is 6.09 Å². The van der Waals surface area contributed by atoms with Crippen LogP contribution in [0.4, 0.5) is 4.79 Å². The minimum absolute atomic E-state index is 0.0927. The summed E-state index contributed by atoms with van der Waals surface area (Å²) in [7, 11) is 0. The normalized spacial score (nSPS) is 32.4. The van der Waals surface area contributed by atoms with Gasteiger partial charge in [-0.2, -0.15) is 0 Å². The molecule has 1 aliphatic carbocycles. The predicted octanol–water partition coefficient (Wildman–Crippen LogP) is 0.605. The first-order valence-electron chi connectivity index (χ1n) is 7.47. The van der Waals surface area contributed by atoms with E-state index < -0.39 is 5.60 Å². The zero-order valence-electron chi connectivity index (χ0n) is 12.6. The van der Waals surface area contributed by atoms with Gasteiger partial charge in [0.05, 0.1) is 18.2 Å². The van der Waals surface area contributed by atoms with E-state index in [1.807, 2.05) is 20.8 Å². The summed E-state index contributed by atoms with van der Waals surface area (Å²) in [5.74, 6) is 0.401. The number of hydrogen-bond donors (Lipinski definition) is 3. The molecule has 2 rings (SSSR count). The van der Waals surface area contributed by atoms with Crippen LogP contribution in [0.1, 0.15) is 33.6 Å². The highest BCUT2D eigenvalue weighted by molar-refractivity contribution is 5.68. The third-order valence-electron chi connectivity index (χ3n) is 3.83. The Morgan fingerprint density at radius 1 is 1.40 bits per heavy atom. The molecule has 0 bridgehead atoms. The van der Waals surface area contributed by atoms with Gasteiger partial charge in [-0.15, -0.1) is 0 Å². The quantitative estimate of drug-likeness (QED) is 0.644. The summed E-state index contributed by atoms with van der Waals surface area (Å²) in [5.41, 5.74) is 5.03. The highest BCUT2D eigenvalue weighted by Gasteiger charge is 2.54. The fourth-order valence-electron chi connectivity index (χ4n) is 2.96. The van der Waals surface area contributed by atoms with Crippen LogP contribution in [0.5, 0.6) is 0 Å². The van der Waals surface area contributed by atoms with Gasteiger partial charge in [-0.3, -0.25) is 0 Å². The average molecular weight is 285 g/mol. The molecule has 0 aromatic carbocycles. The molecule has 4 N–H and O–H groups in total. The molecule has 1 aliphatic heterocycles. The van der Waals surface area contributed by atoms with Crippen molar-refractivity contribution in [3.63, 3.8) is 0 Å². The first kappa shape index (κ1) is 15.5. The first-order valence-corrected chi connectivity index (χ1v) is 7.47. The van der Waals surface area contributed by atoms with E-state index in [1.165, 1.54) is 0 Å². The van der Waals surface area contributed by atoms with Crippen molar-refractivity contribution in [3.8, 4) is 0 Å². The molecule has 116 valence electrons. The van der Waals surface area contributed by atoms with Gasteiger partial charge in [0.15, 0.2) is 0 Å². The first-order chi connectivity index (χ1) is 9.42. The molecular weight excluding hydrogens is 258 g/mol. The lowest BCUT2D eigenvalue weighted by Gasteiger charge is -2.48. The summed E-state index contributed by atoms with van der Waals surface area (Å²) in [4.78, 5) is 11.9. The minimum Gasteiger partial charge on any atom is -0.444 e. The second-order valence-corrected chi connectivity index (χ2v) is 6.58. The van der Waals surface area contributed by atoms with Gasteiger partial charge in [0.1, 0.15) is 5.60 Å². The monoisotopic (exact) mass is 285 g/mol. The Hall–Kier alpha value is -0.850. The zero-order valence-corrected chi connectivity index (χ0v) is 12.6. The molecule has 20 heavy (non-hydrogen) atoms. The number of ether oxygens (including phenoxy) is 2. The molecule has 0 radical (unpaired) electrons. The van der Waals surface area contributed by atoms with Crippen molar-refractivity contribution in [2.45, 2.75) is 57.4 Å². The molecule has 2 fully saturated rings. The van der Waals surface area contributed by atoms with E-state index in [0.29, 0.717) is 12.5 Å². The van der Waals surface area contributed by atoms with E-state index in [9.17, 15) is 4.79 Å². The highest BCUT2D eigenvalue weighted by atomic mass is 16.6. The Bertz CT molecular complexity index is 343. The molecule has 4 atom stereocenters. The van der Waals surface area contributed by atoms with Crippen molar-refractivity contribution in [1.82, 2.24) is 10.6 Å². The fraction of sp³-hybridized carbons (Fsp3) is 0.929. The summed E-state index contributed by atoms with van der Waals surface area (Å²) in [5, 5.41) is 6.42. The standard InChI is InChI=1S/C14H27N3O3/c1-14(2,3)20-13(18)17-10-9-5-8-19-12(9)11(10)16-7-4-6-15/h9-12,16H,4-8,15H2,1-3H3,(H,17,18). The molecule has 6 nitrogen and oxygen atoms in total. The molecule has 0 aromatic heterocycles. The van der Waals surface area contributed by atoms with Gasteiger partial charge in [0, 0.05) is 12.5 Å². The van der Waals surface area contributed by atoms with Crippen molar-refractivity contribution in [1.29, 1.82) is 0 Å². The maximum absolute atomic E-state index is 11.9. The molecule has 2 aliphatic rings. The Balaban J connectivity index is 1.85. The largest absolute Gasteiger partial charge is 0.444 e. The maximum atomic E-state index is 11.9. The smallest absolute Gasteiger partial charge is 0.407 e. The number of amides is 1. The molecule has 1 amide bonds. The van der Waals surface area contributed by atoms with Crippen LogP contribution in [-0.4, -0.2) is 49.6 Å². The Kier molecular flexibility index (Phi) is 4.88. The van der Waals surface area contributed by atoms with E-state index in [1.54, 1.807) is 0 Å². The molecule has 0 spiro atoms. The average Bonchev–Trinajstić information content (AvgIpc) is 2.74. The van der Waals surface area contributed by atoms with Gasteiger partial charge in [-0.05, 0) is 46.7 Å². The van der Waals surface area contributed by atoms with E-state index in [4.69, 9.17) is 15.2 Å². The Morgan fingerprint density at radius 2 is 2.15 bits per heavy atom. The van der Waals surface area contributed by atoms with E-state index in [-0.39, 0.29) is 24.3 Å². The van der Waals surface area contributed by atoms with Crippen LogP contribution >= 0.6 is 0 Å². The van der Waals surface area contributed by atoms with Crippen LogP contribution in [0.2, 0.25) is 0 Å². The molecule has 0 aromatic rings. The fourth-order valence-corrected chi connectivity index (χ4v) is 2.96. The summed E-state index contributed by atoms with van der Waals surface area (Å²) in [6.45, 7) is 7.89. The number of fused-ring (bicyclic) bond motifs is 1. The number of nitrogens with one attached hydrogen (secondary N) is 2. The molecule has 1 saturated heterocycles. The highest BCUT2D eigenvalue weighted by Crippen LogP contribution is 2.39. The van der Waals surface area contributed by atoms with Crippen molar-refractivity contribution in [2.24, 2.45) is 11.7 Å². The molecular formula is C14H27N3O3. The van der Waals surface area contributed by atoms with Crippen molar-refractivity contribution in [3.05, 3.63) is 0 Å². The summed E-state index contributed by atoms with van der Waals surface area (Å²) < 4.78 is 11.0. The van der Waals surface area contributed by atoms with Gasteiger partial charge in [-0.25, -0.2) is 4.79 Å². The second kappa shape index (κ2) is 6.28. The number of rotatable bonds is 5. The van der Waals surface area contributed by atoms with Gasteiger partial charge < -0.3 is 25.8 Å². The minimum atomic E-state index is -0.470. The molecule has 6 heteroatoms. The maximum Gasteiger partial charge on any atom is 0.407 e. The van der Waals surface area contributed by atoms with E-state index >= 15 is 0 Å². The predicted molar refractivity (Wildman–Crippen MR) is 76.5 cm³/mol. The topological polar surface area (TPSA) is 85.6 Å². The molecule has 1 saturated carbocycles. The van der Waals surface area contributed by atoms with Crippen molar-refractivity contribution < 1.29 is 14.3 Å².